The fraction of sp³-hybridized carbons (Fsp3) is 0.389. The van der Waals surface area contributed by atoms with Crippen LogP contribution < -0.4 is 4.74 Å². The summed E-state index contributed by atoms with van der Waals surface area (Å²) in [6.07, 6.45) is 3.24. The minimum Gasteiger partial charge on any atom is -0.496 e. The maximum atomic E-state index is 11.0. The van der Waals surface area contributed by atoms with Gasteiger partial charge in [0.15, 0.2) is 0 Å². The van der Waals surface area contributed by atoms with Gasteiger partial charge in [0, 0.05) is 31.4 Å². The molecule has 4 heteroatoms. The SMILES string of the molecule is COc1ccccc1C1(O)CCN(Cc2ccccn2)CC1. The van der Waals surface area contributed by atoms with Gasteiger partial charge >= 0.3 is 0 Å². The minimum atomic E-state index is -0.798. The zero-order chi connectivity index (χ0) is 15.4. The number of para-hydroxylation sites is 1. The number of pyridine rings is 1. The molecule has 1 aliphatic heterocycles. The Bertz CT molecular complexity index is 607. The fourth-order valence-electron chi connectivity index (χ4n) is 3.10. The Morgan fingerprint density at radius 2 is 1.86 bits per heavy atom. The number of methoxy groups -OCH3 is 1. The number of piperidine rings is 1. The van der Waals surface area contributed by atoms with Crippen LogP contribution in [0.4, 0.5) is 0 Å². The molecule has 1 aliphatic rings. The molecule has 0 radical (unpaired) electrons. The number of hydrogen-bond acceptors (Lipinski definition) is 4. The first-order valence-corrected chi connectivity index (χ1v) is 7.69. The Morgan fingerprint density at radius 3 is 2.55 bits per heavy atom. The summed E-state index contributed by atoms with van der Waals surface area (Å²) in [5.41, 5.74) is 1.17. The molecule has 2 aromatic rings. The summed E-state index contributed by atoms with van der Waals surface area (Å²) < 4.78 is 5.40. The van der Waals surface area contributed by atoms with Crippen molar-refractivity contribution in [3.63, 3.8) is 0 Å². The molecule has 3 rings (SSSR count). The normalized spacial score (nSPS) is 18.1. The van der Waals surface area contributed by atoms with Gasteiger partial charge in [-0.15, -0.1) is 0 Å². The summed E-state index contributed by atoms with van der Waals surface area (Å²) in [4.78, 5) is 6.71. The van der Waals surface area contributed by atoms with Crippen molar-refractivity contribution < 1.29 is 9.84 Å². The number of benzene rings is 1. The Hall–Kier alpha value is -1.91. The van der Waals surface area contributed by atoms with E-state index in [1.165, 1.54) is 0 Å². The van der Waals surface area contributed by atoms with Gasteiger partial charge < -0.3 is 9.84 Å². The third kappa shape index (κ3) is 3.13. The Balaban J connectivity index is 1.68. The van der Waals surface area contributed by atoms with Crippen LogP contribution in [0.25, 0.3) is 0 Å². The lowest BCUT2D eigenvalue weighted by molar-refractivity contribution is -0.0294. The first kappa shape index (κ1) is 15.0. The molecule has 0 unspecified atom stereocenters. The highest BCUT2D eigenvalue weighted by Crippen LogP contribution is 2.38. The lowest BCUT2D eigenvalue weighted by Crippen LogP contribution is -2.42. The Kier molecular flexibility index (Phi) is 4.41. The molecule has 116 valence electrons. The highest BCUT2D eigenvalue weighted by molar-refractivity contribution is 5.38. The Morgan fingerprint density at radius 1 is 1.14 bits per heavy atom. The van der Waals surface area contributed by atoms with Crippen LogP contribution in [0.15, 0.2) is 48.7 Å². The zero-order valence-electron chi connectivity index (χ0n) is 12.9. The van der Waals surface area contributed by atoms with Crippen LogP contribution in [0.2, 0.25) is 0 Å². The largest absolute Gasteiger partial charge is 0.496 e. The summed E-state index contributed by atoms with van der Waals surface area (Å²) in [5, 5.41) is 11.0. The average Bonchev–Trinajstić information content (AvgIpc) is 2.58. The molecule has 0 atom stereocenters. The van der Waals surface area contributed by atoms with E-state index in [9.17, 15) is 5.11 Å². The van der Waals surface area contributed by atoms with E-state index >= 15 is 0 Å². The summed E-state index contributed by atoms with van der Waals surface area (Å²) in [6, 6.07) is 13.7. The van der Waals surface area contributed by atoms with Crippen molar-refractivity contribution in [3.8, 4) is 5.75 Å². The summed E-state index contributed by atoms with van der Waals surface area (Å²) >= 11 is 0. The van der Waals surface area contributed by atoms with E-state index in [0.717, 1.165) is 36.6 Å². The van der Waals surface area contributed by atoms with Gasteiger partial charge in [-0.2, -0.15) is 0 Å². The quantitative estimate of drug-likeness (QED) is 0.942. The van der Waals surface area contributed by atoms with Gasteiger partial charge in [-0.25, -0.2) is 0 Å². The number of rotatable bonds is 4. The standard InChI is InChI=1S/C18H22N2O2/c1-22-17-8-3-2-7-16(17)18(21)9-12-20(13-10-18)14-15-6-4-5-11-19-15/h2-8,11,21H,9-10,12-14H2,1H3. The van der Waals surface area contributed by atoms with Crippen LogP contribution in [0.1, 0.15) is 24.1 Å². The molecule has 1 fully saturated rings. The first-order chi connectivity index (χ1) is 10.7. The van der Waals surface area contributed by atoms with Crippen molar-refractivity contribution in [1.29, 1.82) is 0 Å². The molecule has 0 amide bonds. The highest BCUT2D eigenvalue weighted by atomic mass is 16.5. The molecule has 2 heterocycles. The second kappa shape index (κ2) is 6.46. The molecular weight excluding hydrogens is 276 g/mol. The molecule has 1 saturated heterocycles. The summed E-state index contributed by atoms with van der Waals surface area (Å²) in [6.45, 7) is 2.54. The van der Waals surface area contributed by atoms with Crippen LogP contribution in [0.5, 0.6) is 5.75 Å². The number of aromatic nitrogens is 1. The lowest BCUT2D eigenvalue weighted by Gasteiger charge is -2.38. The third-order valence-electron chi connectivity index (χ3n) is 4.40. The average molecular weight is 298 g/mol. The van der Waals surface area contributed by atoms with E-state index < -0.39 is 5.60 Å². The molecular formula is C18H22N2O2. The zero-order valence-corrected chi connectivity index (χ0v) is 12.9. The fourth-order valence-corrected chi connectivity index (χ4v) is 3.10. The molecule has 0 saturated carbocycles. The number of hydrogen-bond donors (Lipinski definition) is 1. The molecule has 0 spiro atoms. The van der Waals surface area contributed by atoms with Gasteiger partial charge in [0.05, 0.1) is 18.4 Å². The van der Waals surface area contributed by atoms with Crippen molar-refractivity contribution >= 4 is 0 Å². The van der Waals surface area contributed by atoms with Crippen molar-refractivity contribution in [2.75, 3.05) is 20.2 Å². The van der Waals surface area contributed by atoms with Crippen LogP contribution >= 0.6 is 0 Å². The smallest absolute Gasteiger partial charge is 0.124 e. The van der Waals surface area contributed by atoms with Gasteiger partial charge in [0.25, 0.3) is 0 Å². The first-order valence-electron chi connectivity index (χ1n) is 7.69. The van der Waals surface area contributed by atoms with Gasteiger partial charge in [0.2, 0.25) is 0 Å². The molecule has 1 aromatic heterocycles. The van der Waals surface area contributed by atoms with Gasteiger partial charge in [-0.3, -0.25) is 9.88 Å². The summed E-state index contributed by atoms with van der Waals surface area (Å²) in [5.74, 6) is 0.767. The van der Waals surface area contributed by atoms with Crippen LogP contribution in [-0.4, -0.2) is 35.2 Å². The number of nitrogens with zero attached hydrogens (tertiary/aromatic N) is 2. The predicted octanol–water partition coefficient (Wildman–Crippen LogP) is 2.57. The molecule has 0 aliphatic carbocycles. The van der Waals surface area contributed by atoms with E-state index in [1.54, 1.807) is 7.11 Å². The maximum absolute atomic E-state index is 11.0. The van der Waals surface area contributed by atoms with Gasteiger partial charge in [-0.1, -0.05) is 24.3 Å². The van der Waals surface area contributed by atoms with Crippen molar-refractivity contribution in [3.05, 3.63) is 59.9 Å². The molecule has 1 aromatic carbocycles. The van der Waals surface area contributed by atoms with Gasteiger partial charge in [-0.05, 0) is 31.0 Å². The van der Waals surface area contributed by atoms with E-state index in [4.69, 9.17) is 4.74 Å². The number of aliphatic hydroxyl groups is 1. The van der Waals surface area contributed by atoms with Crippen LogP contribution in [0.3, 0.4) is 0 Å². The lowest BCUT2D eigenvalue weighted by atomic mass is 9.84. The van der Waals surface area contributed by atoms with Crippen molar-refractivity contribution in [1.82, 2.24) is 9.88 Å². The van der Waals surface area contributed by atoms with E-state index in [0.29, 0.717) is 12.8 Å². The third-order valence-corrected chi connectivity index (χ3v) is 4.40. The summed E-state index contributed by atoms with van der Waals surface area (Å²) in [7, 11) is 1.65. The second-order valence-corrected chi connectivity index (χ2v) is 5.83. The van der Waals surface area contributed by atoms with Crippen molar-refractivity contribution in [2.45, 2.75) is 25.0 Å². The Labute approximate surface area is 131 Å². The van der Waals surface area contributed by atoms with Crippen molar-refractivity contribution in [2.24, 2.45) is 0 Å². The number of likely N-dealkylation sites (tertiary alicyclic amines) is 1. The monoisotopic (exact) mass is 298 g/mol. The highest BCUT2D eigenvalue weighted by Gasteiger charge is 2.36. The maximum Gasteiger partial charge on any atom is 0.124 e. The topological polar surface area (TPSA) is 45.6 Å². The van der Waals surface area contributed by atoms with Gasteiger partial charge in [0.1, 0.15) is 5.75 Å². The van der Waals surface area contributed by atoms with E-state index in [2.05, 4.69) is 9.88 Å². The molecule has 0 bridgehead atoms. The second-order valence-electron chi connectivity index (χ2n) is 5.83. The molecule has 22 heavy (non-hydrogen) atoms. The van der Waals surface area contributed by atoms with E-state index in [-0.39, 0.29) is 0 Å². The molecule has 4 nitrogen and oxygen atoms in total. The number of ether oxygens (including phenoxy) is 1. The van der Waals surface area contributed by atoms with E-state index in [1.807, 2.05) is 48.7 Å². The van der Waals surface area contributed by atoms with Crippen LogP contribution in [-0.2, 0) is 12.1 Å². The minimum absolute atomic E-state index is 0.709. The van der Waals surface area contributed by atoms with Crippen LogP contribution in [0, 0.1) is 0 Å². The molecule has 1 N–H and O–H groups in total. The predicted molar refractivity (Wildman–Crippen MR) is 85.6 cm³/mol.